The van der Waals surface area contributed by atoms with Gasteiger partial charge in [0.1, 0.15) is 0 Å². The number of benzene rings is 1. The molecule has 0 saturated carbocycles. The fourth-order valence-electron chi connectivity index (χ4n) is 2.18. The zero-order valence-electron chi connectivity index (χ0n) is 9.40. The molecule has 0 bridgehead atoms. The third kappa shape index (κ3) is 2.45. The first kappa shape index (κ1) is 12.4. The van der Waals surface area contributed by atoms with E-state index in [-0.39, 0.29) is 18.6 Å². The topological polar surface area (TPSA) is 66.6 Å². The van der Waals surface area contributed by atoms with Gasteiger partial charge in [0.15, 0.2) is 0 Å². The first-order chi connectivity index (χ1) is 8.13. The van der Waals surface area contributed by atoms with Crippen LogP contribution in [0.4, 0.5) is 5.69 Å². The zero-order valence-corrected chi connectivity index (χ0v) is 11.0. The summed E-state index contributed by atoms with van der Waals surface area (Å²) in [6, 6.07) is 5.17. The van der Waals surface area contributed by atoms with Crippen LogP contribution in [0.1, 0.15) is 23.2 Å². The summed E-state index contributed by atoms with van der Waals surface area (Å²) < 4.78 is 0.853. The number of nitrogen functional groups attached to an aromatic ring is 1. The lowest BCUT2D eigenvalue weighted by Crippen LogP contribution is -2.37. The van der Waals surface area contributed by atoms with E-state index in [9.17, 15) is 9.90 Å². The monoisotopic (exact) mass is 298 g/mol. The fraction of sp³-hybridized carbons (Fsp3) is 0.417. The maximum atomic E-state index is 12.3. The van der Waals surface area contributed by atoms with E-state index >= 15 is 0 Å². The molecule has 0 unspecified atom stereocenters. The van der Waals surface area contributed by atoms with Gasteiger partial charge in [-0.05, 0) is 31.0 Å². The molecule has 2 rings (SSSR count). The molecule has 1 fully saturated rings. The molecule has 17 heavy (non-hydrogen) atoms. The number of hydrogen-bond acceptors (Lipinski definition) is 3. The normalized spacial score (nSPS) is 19.6. The maximum absolute atomic E-state index is 12.3. The summed E-state index contributed by atoms with van der Waals surface area (Å²) in [6.07, 6.45) is 1.80. The van der Waals surface area contributed by atoms with Crippen LogP contribution in [-0.4, -0.2) is 35.1 Å². The summed E-state index contributed by atoms with van der Waals surface area (Å²) in [7, 11) is 0. The number of hydrogen-bond donors (Lipinski definition) is 2. The Bertz CT molecular complexity index is 437. The molecule has 1 aromatic rings. The molecular weight excluding hydrogens is 284 g/mol. The van der Waals surface area contributed by atoms with Gasteiger partial charge in [-0.1, -0.05) is 15.9 Å². The van der Waals surface area contributed by atoms with Gasteiger partial charge >= 0.3 is 0 Å². The van der Waals surface area contributed by atoms with Crippen LogP contribution in [0.15, 0.2) is 22.7 Å². The molecule has 0 spiro atoms. The standard InChI is InChI=1S/C12H15BrN2O2/c13-8-3-4-10(11(14)6-8)12(17)15-5-1-2-9(15)7-16/h3-4,6,9,16H,1-2,5,7,14H2/t9-/m0/s1. The van der Waals surface area contributed by atoms with Crippen LogP contribution in [0, 0.1) is 0 Å². The van der Waals surface area contributed by atoms with Crippen molar-refractivity contribution in [2.45, 2.75) is 18.9 Å². The predicted molar refractivity (Wildman–Crippen MR) is 69.7 cm³/mol. The molecule has 3 N–H and O–H groups in total. The Hall–Kier alpha value is -1.07. The van der Waals surface area contributed by atoms with Gasteiger partial charge in [0.05, 0.1) is 18.2 Å². The summed E-state index contributed by atoms with van der Waals surface area (Å²) >= 11 is 3.31. The van der Waals surface area contributed by atoms with E-state index in [1.54, 1.807) is 23.1 Å². The van der Waals surface area contributed by atoms with E-state index < -0.39 is 0 Å². The molecule has 92 valence electrons. The van der Waals surface area contributed by atoms with Gasteiger partial charge < -0.3 is 15.7 Å². The van der Waals surface area contributed by atoms with Crippen molar-refractivity contribution in [1.82, 2.24) is 4.90 Å². The summed E-state index contributed by atoms with van der Waals surface area (Å²) in [5.74, 6) is -0.0912. The molecule has 1 heterocycles. The number of nitrogens with two attached hydrogens (primary N) is 1. The van der Waals surface area contributed by atoms with Gasteiger partial charge in [-0.2, -0.15) is 0 Å². The van der Waals surface area contributed by atoms with Crippen LogP contribution >= 0.6 is 15.9 Å². The highest BCUT2D eigenvalue weighted by molar-refractivity contribution is 9.10. The average Bonchev–Trinajstić information content (AvgIpc) is 2.76. The third-order valence-electron chi connectivity index (χ3n) is 3.09. The molecule has 1 atom stereocenters. The predicted octanol–water partition coefficient (Wildman–Crippen LogP) is 1.63. The van der Waals surface area contributed by atoms with Gasteiger partial charge in [0, 0.05) is 16.7 Å². The van der Waals surface area contributed by atoms with Crippen LogP contribution in [0.3, 0.4) is 0 Å². The molecule has 0 aromatic heterocycles. The Labute approximate surface area is 109 Å². The van der Waals surface area contributed by atoms with Crippen molar-refractivity contribution >= 4 is 27.5 Å². The van der Waals surface area contributed by atoms with E-state index in [0.29, 0.717) is 17.8 Å². The summed E-state index contributed by atoms with van der Waals surface area (Å²) in [6.45, 7) is 0.710. The number of aliphatic hydroxyl groups is 1. The van der Waals surface area contributed by atoms with E-state index in [2.05, 4.69) is 15.9 Å². The molecule has 0 aliphatic carbocycles. The van der Waals surface area contributed by atoms with Crippen molar-refractivity contribution in [3.05, 3.63) is 28.2 Å². The van der Waals surface area contributed by atoms with E-state index in [1.165, 1.54) is 0 Å². The molecule has 1 saturated heterocycles. The van der Waals surface area contributed by atoms with Crippen molar-refractivity contribution in [2.75, 3.05) is 18.9 Å². The van der Waals surface area contributed by atoms with Gasteiger partial charge in [-0.3, -0.25) is 4.79 Å². The summed E-state index contributed by atoms with van der Waals surface area (Å²) in [5, 5.41) is 9.21. The van der Waals surface area contributed by atoms with E-state index in [1.807, 2.05) is 0 Å². The Morgan fingerprint density at radius 1 is 1.59 bits per heavy atom. The Balaban J connectivity index is 2.24. The second-order valence-electron chi connectivity index (χ2n) is 4.21. The lowest BCUT2D eigenvalue weighted by atomic mass is 10.1. The average molecular weight is 299 g/mol. The molecule has 1 aromatic carbocycles. The van der Waals surface area contributed by atoms with Crippen LogP contribution in [0.25, 0.3) is 0 Å². The first-order valence-corrected chi connectivity index (χ1v) is 6.39. The van der Waals surface area contributed by atoms with E-state index in [4.69, 9.17) is 5.73 Å². The third-order valence-corrected chi connectivity index (χ3v) is 3.59. The molecule has 1 aliphatic heterocycles. The number of carbonyl (C=O) groups excluding carboxylic acids is 1. The SMILES string of the molecule is Nc1cc(Br)ccc1C(=O)N1CCC[C@H]1CO. The van der Waals surface area contributed by atoms with Crippen molar-refractivity contribution in [3.63, 3.8) is 0 Å². The van der Waals surface area contributed by atoms with Crippen LogP contribution in [-0.2, 0) is 0 Å². The van der Waals surface area contributed by atoms with Gasteiger partial charge in [0.25, 0.3) is 5.91 Å². The van der Waals surface area contributed by atoms with Crippen LogP contribution in [0.5, 0.6) is 0 Å². The largest absolute Gasteiger partial charge is 0.398 e. The van der Waals surface area contributed by atoms with Crippen molar-refractivity contribution in [3.8, 4) is 0 Å². The molecule has 5 heteroatoms. The van der Waals surface area contributed by atoms with Gasteiger partial charge in [0.2, 0.25) is 0 Å². The second kappa shape index (κ2) is 5.06. The van der Waals surface area contributed by atoms with Crippen molar-refractivity contribution < 1.29 is 9.90 Å². The number of halogens is 1. The smallest absolute Gasteiger partial charge is 0.256 e. The highest BCUT2D eigenvalue weighted by Crippen LogP contribution is 2.24. The highest BCUT2D eigenvalue weighted by Gasteiger charge is 2.29. The highest BCUT2D eigenvalue weighted by atomic mass is 79.9. The molecule has 4 nitrogen and oxygen atoms in total. The van der Waals surface area contributed by atoms with Crippen LogP contribution in [0.2, 0.25) is 0 Å². The van der Waals surface area contributed by atoms with Crippen molar-refractivity contribution in [1.29, 1.82) is 0 Å². The number of amides is 1. The number of nitrogens with zero attached hydrogens (tertiary/aromatic N) is 1. The molecule has 1 amide bonds. The lowest BCUT2D eigenvalue weighted by Gasteiger charge is -2.23. The summed E-state index contributed by atoms with van der Waals surface area (Å²) in [5.41, 5.74) is 6.81. The molecule has 0 radical (unpaired) electrons. The Morgan fingerprint density at radius 2 is 2.35 bits per heavy atom. The minimum absolute atomic E-state index is 0.0160. The molecular formula is C12H15BrN2O2. The molecule has 1 aliphatic rings. The Morgan fingerprint density at radius 3 is 3.00 bits per heavy atom. The fourth-order valence-corrected chi connectivity index (χ4v) is 2.55. The second-order valence-corrected chi connectivity index (χ2v) is 5.12. The van der Waals surface area contributed by atoms with Crippen molar-refractivity contribution in [2.24, 2.45) is 0 Å². The van der Waals surface area contributed by atoms with Gasteiger partial charge in [-0.15, -0.1) is 0 Å². The first-order valence-electron chi connectivity index (χ1n) is 5.60. The number of aliphatic hydroxyl groups excluding tert-OH is 1. The van der Waals surface area contributed by atoms with E-state index in [0.717, 1.165) is 17.3 Å². The maximum Gasteiger partial charge on any atom is 0.256 e. The zero-order chi connectivity index (χ0) is 12.4. The van der Waals surface area contributed by atoms with Gasteiger partial charge in [-0.25, -0.2) is 0 Å². The quantitative estimate of drug-likeness (QED) is 0.816. The minimum Gasteiger partial charge on any atom is -0.398 e. The Kier molecular flexibility index (Phi) is 3.69. The lowest BCUT2D eigenvalue weighted by molar-refractivity contribution is 0.0678. The van der Waals surface area contributed by atoms with Crippen LogP contribution < -0.4 is 5.73 Å². The number of rotatable bonds is 2. The number of anilines is 1. The number of carbonyl (C=O) groups is 1. The summed E-state index contributed by atoms with van der Waals surface area (Å²) in [4.78, 5) is 14.0. The minimum atomic E-state index is -0.0912. The number of likely N-dealkylation sites (tertiary alicyclic amines) is 1.